The molecule has 0 spiro atoms. The van der Waals surface area contributed by atoms with E-state index in [1.165, 1.54) is 32.1 Å². The van der Waals surface area contributed by atoms with E-state index in [-0.39, 0.29) is 5.97 Å². The summed E-state index contributed by atoms with van der Waals surface area (Å²) < 4.78 is 4.93. The highest BCUT2D eigenvalue weighted by Gasteiger charge is 2.38. The number of carbonyl (C=O) groups is 1. The Labute approximate surface area is 115 Å². The van der Waals surface area contributed by atoms with E-state index in [9.17, 15) is 4.79 Å². The minimum atomic E-state index is -0.502. The van der Waals surface area contributed by atoms with Crippen LogP contribution in [0.5, 0.6) is 0 Å². The van der Waals surface area contributed by atoms with E-state index in [1.54, 1.807) is 0 Å². The monoisotopic (exact) mass is 273 g/mol. The molecule has 4 heteroatoms. The van der Waals surface area contributed by atoms with Crippen LogP contribution in [0.4, 0.5) is 0 Å². The Kier molecular flexibility index (Phi) is 6.50. The second kappa shape index (κ2) is 7.39. The smallest absolute Gasteiger partial charge is 0.325 e. The predicted octanol–water partition coefficient (Wildman–Crippen LogP) is 2.84. The predicted molar refractivity (Wildman–Crippen MR) is 78.0 cm³/mol. The first-order valence-electron chi connectivity index (χ1n) is 6.95. The lowest BCUT2D eigenvalue weighted by atomic mass is 9.99. The fourth-order valence-electron chi connectivity index (χ4n) is 1.82. The molecule has 0 aliphatic heterocycles. The topological polar surface area (TPSA) is 38.3 Å². The number of ether oxygens (including phenoxy) is 1. The maximum absolute atomic E-state index is 11.9. The van der Waals surface area contributed by atoms with Crippen LogP contribution in [0.3, 0.4) is 0 Å². The van der Waals surface area contributed by atoms with E-state index in [0.717, 1.165) is 18.1 Å². The third-order valence-corrected chi connectivity index (χ3v) is 4.88. The zero-order chi connectivity index (χ0) is 13.6. The Hall–Kier alpha value is -0.220. The number of hydrogen-bond acceptors (Lipinski definition) is 4. The zero-order valence-corrected chi connectivity index (χ0v) is 12.9. The Morgan fingerprint density at radius 1 is 1.56 bits per heavy atom. The molecule has 1 aliphatic rings. The van der Waals surface area contributed by atoms with Crippen molar-refractivity contribution in [2.45, 2.75) is 58.0 Å². The SMILES string of the molecule is CCC(C)CSCCC(C)(NC1CC1)C(=O)OC. The highest BCUT2D eigenvalue weighted by molar-refractivity contribution is 7.99. The first-order chi connectivity index (χ1) is 8.51. The van der Waals surface area contributed by atoms with Gasteiger partial charge in [-0.1, -0.05) is 20.3 Å². The molecule has 1 aliphatic carbocycles. The number of nitrogens with one attached hydrogen (secondary N) is 1. The van der Waals surface area contributed by atoms with Gasteiger partial charge in [0.05, 0.1) is 7.11 Å². The molecule has 0 heterocycles. The number of hydrogen-bond donors (Lipinski definition) is 1. The first kappa shape index (κ1) is 15.8. The van der Waals surface area contributed by atoms with Gasteiger partial charge in [0.1, 0.15) is 5.54 Å². The van der Waals surface area contributed by atoms with Crippen molar-refractivity contribution in [1.29, 1.82) is 0 Å². The Morgan fingerprint density at radius 3 is 2.72 bits per heavy atom. The zero-order valence-electron chi connectivity index (χ0n) is 12.1. The number of thioether (sulfide) groups is 1. The standard InChI is InChI=1S/C14H27NO2S/c1-5-11(2)10-18-9-8-14(3,13(16)17-4)15-12-6-7-12/h11-12,15H,5-10H2,1-4H3. The van der Waals surface area contributed by atoms with Gasteiger partial charge >= 0.3 is 5.97 Å². The highest BCUT2D eigenvalue weighted by atomic mass is 32.2. The largest absolute Gasteiger partial charge is 0.468 e. The van der Waals surface area contributed by atoms with Crippen molar-refractivity contribution in [2.75, 3.05) is 18.6 Å². The van der Waals surface area contributed by atoms with E-state index in [4.69, 9.17) is 4.74 Å². The lowest BCUT2D eigenvalue weighted by Gasteiger charge is -2.28. The molecule has 0 aromatic heterocycles. The van der Waals surface area contributed by atoms with Crippen LogP contribution in [-0.4, -0.2) is 36.2 Å². The third kappa shape index (κ3) is 5.19. The van der Waals surface area contributed by atoms with Gasteiger partial charge in [-0.05, 0) is 43.6 Å². The molecule has 0 radical (unpaired) electrons. The van der Waals surface area contributed by atoms with Crippen molar-refractivity contribution in [3.63, 3.8) is 0 Å². The maximum Gasteiger partial charge on any atom is 0.325 e. The molecule has 1 saturated carbocycles. The number of carbonyl (C=O) groups excluding carboxylic acids is 1. The van der Waals surface area contributed by atoms with Crippen LogP contribution >= 0.6 is 11.8 Å². The minimum absolute atomic E-state index is 0.126. The van der Waals surface area contributed by atoms with Crippen molar-refractivity contribution >= 4 is 17.7 Å². The molecular weight excluding hydrogens is 246 g/mol. The molecule has 0 aromatic rings. The first-order valence-corrected chi connectivity index (χ1v) is 8.11. The lowest BCUT2D eigenvalue weighted by Crippen LogP contribution is -2.51. The average molecular weight is 273 g/mol. The van der Waals surface area contributed by atoms with Gasteiger partial charge in [-0.3, -0.25) is 10.1 Å². The molecule has 3 nitrogen and oxygen atoms in total. The van der Waals surface area contributed by atoms with E-state index in [2.05, 4.69) is 19.2 Å². The van der Waals surface area contributed by atoms with E-state index >= 15 is 0 Å². The number of rotatable bonds is 9. The van der Waals surface area contributed by atoms with Crippen LogP contribution in [-0.2, 0) is 9.53 Å². The second-order valence-corrected chi connectivity index (χ2v) is 6.73. The Bertz CT molecular complexity index is 269. The molecule has 0 bridgehead atoms. The molecule has 1 rings (SSSR count). The molecule has 0 saturated heterocycles. The van der Waals surface area contributed by atoms with Crippen LogP contribution in [0.2, 0.25) is 0 Å². The summed E-state index contributed by atoms with van der Waals surface area (Å²) in [5, 5.41) is 3.43. The van der Waals surface area contributed by atoms with Crippen LogP contribution in [0.1, 0.15) is 46.5 Å². The molecule has 0 aromatic carbocycles. The van der Waals surface area contributed by atoms with E-state index in [0.29, 0.717) is 6.04 Å². The van der Waals surface area contributed by atoms with Crippen LogP contribution in [0, 0.1) is 5.92 Å². The molecule has 106 valence electrons. The van der Waals surface area contributed by atoms with Gasteiger partial charge in [0.2, 0.25) is 0 Å². The van der Waals surface area contributed by atoms with Gasteiger partial charge < -0.3 is 4.74 Å². The van der Waals surface area contributed by atoms with Gasteiger partial charge in [-0.2, -0.15) is 11.8 Å². The third-order valence-electron chi connectivity index (χ3n) is 3.58. The molecule has 1 fully saturated rings. The summed E-state index contributed by atoms with van der Waals surface area (Å²) in [6.45, 7) is 6.47. The summed E-state index contributed by atoms with van der Waals surface area (Å²) in [5.41, 5.74) is -0.502. The Morgan fingerprint density at radius 2 is 2.22 bits per heavy atom. The quantitative estimate of drug-likeness (QED) is 0.518. The highest BCUT2D eigenvalue weighted by Crippen LogP contribution is 2.26. The summed E-state index contributed by atoms with van der Waals surface area (Å²) >= 11 is 1.94. The van der Waals surface area contributed by atoms with Crippen molar-refractivity contribution in [3.05, 3.63) is 0 Å². The molecule has 0 amide bonds. The second-order valence-electron chi connectivity index (χ2n) is 5.58. The average Bonchev–Trinajstić information content (AvgIpc) is 3.16. The number of esters is 1. The molecule has 18 heavy (non-hydrogen) atoms. The Balaban J connectivity index is 2.33. The van der Waals surface area contributed by atoms with Gasteiger partial charge in [-0.15, -0.1) is 0 Å². The molecule has 1 N–H and O–H groups in total. The van der Waals surface area contributed by atoms with Crippen LogP contribution < -0.4 is 5.32 Å². The summed E-state index contributed by atoms with van der Waals surface area (Å²) in [6.07, 6.45) is 4.44. The van der Waals surface area contributed by atoms with Crippen LogP contribution in [0.15, 0.2) is 0 Å². The van der Waals surface area contributed by atoms with Crippen molar-refractivity contribution in [3.8, 4) is 0 Å². The summed E-state index contributed by atoms with van der Waals surface area (Å²) in [4.78, 5) is 11.9. The fraction of sp³-hybridized carbons (Fsp3) is 0.929. The summed E-state index contributed by atoms with van der Waals surface area (Å²) in [5.74, 6) is 2.82. The number of methoxy groups -OCH3 is 1. The van der Waals surface area contributed by atoms with Crippen molar-refractivity contribution < 1.29 is 9.53 Å². The van der Waals surface area contributed by atoms with Crippen LogP contribution in [0.25, 0.3) is 0 Å². The van der Waals surface area contributed by atoms with Gasteiger partial charge in [0.15, 0.2) is 0 Å². The molecule has 2 unspecified atom stereocenters. The van der Waals surface area contributed by atoms with E-state index < -0.39 is 5.54 Å². The van der Waals surface area contributed by atoms with Crippen molar-refractivity contribution in [2.24, 2.45) is 5.92 Å². The van der Waals surface area contributed by atoms with Gasteiger partial charge in [0, 0.05) is 6.04 Å². The van der Waals surface area contributed by atoms with Crippen molar-refractivity contribution in [1.82, 2.24) is 5.32 Å². The summed E-state index contributed by atoms with van der Waals surface area (Å²) in [6, 6.07) is 0.522. The van der Waals surface area contributed by atoms with Gasteiger partial charge in [0.25, 0.3) is 0 Å². The molecular formula is C14H27NO2S. The normalized spacial score (nSPS) is 20.2. The lowest BCUT2D eigenvalue weighted by molar-refractivity contribution is -0.148. The van der Waals surface area contributed by atoms with E-state index in [1.807, 2.05) is 18.7 Å². The minimum Gasteiger partial charge on any atom is -0.468 e. The molecule has 2 atom stereocenters. The maximum atomic E-state index is 11.9. The summed E-state index contributed by atoms with van der Waals surface area (Å²) in [7, 11) is 1.47. The van der Waals surface area contributed by atoms with Gasteiger partial charge in [-0.25, -0.2) is 0 Å². The fourth-order valence-corrected chi connectivity index (χ4v) is 3.17.